The molecule has 0 unspecified atom stereocenters. The summed E-state index contributed by atoms with van der Waals surface area (Å²) in [6.07, 6.45) is 3.55. The molecule has 0 aliphatic heterocycles. The second kappa shape index (κ2) is 7.20. The van der Waals surface area contributed by atoms with Crippen LogP contribution in [0.1, 0.15) is 15.9 Å². The maximum Gasteiger partial charge on any atom is 0.185 e. The van der Waals surface area contributed by atoms with E-state index in [1.807, 2.05) is 72.8 Å². The van der Waals surface area contributed by atoms with Gasteiger partial charge in [-0.1, -0.05) is 103 Å². The van der Waals surface area contributed by atoms with Gasteiger partial charge < -0.3 is 0 Å². The van der Waals surface area contributed by atoms with Gasteiger partial charge in [0.05, 0.1) is 0 Å². The van der Waals surface area contributed by atoms with Crippen molar-refractivity contribution in [1.82, 2.24) is 0 Å². The fourth-order valence-corrected chi connectivity index (χ4v) is 3.12. The van der Waals surface area contributed by atoms with Crippen molar-refractivity contribution in [3.63, 3.8) is 0 Å². The van der Waals surface area contributed by atoms with Crippen molar-refractivity contribution in [3.8, 4) is 11.1 Å². The van der Waals surface area contributed by atoms with E-state index in [0.29, 0.717) is 5.56 Å². The molecular formula is C25H18O. The first-order valence-corrected chi connectivity index (χ1v) is 8.67. The third-order valence-corrected chi connectivity index (χ3v) is 4.51. The molecule has 0 aliphatic carbocycles. The van der Waals surface area contributed by atoms with Gasteiger partial charge in [0.1, 0.15) is 0 Å². The number of carbonyl (C=O) groups excluding carboxylic acids is 1. The number of ketones is 1. The van der Waals surface area contributed by atoms with Crippen LogP contribution in [0.3, 0.4) is 0 Å². The summed E-state index contributed by atoms with van der Waals surface area (Å²) in [5, 5.41) is 2.33. The van der Waals surface area contributed by atoms with Gasteiger partial charge in [-0.3, -0.25) is 4.79 Å². The zero-order valence-electron chi connectivity index (χ0n) is 14.3. The molecule has 1 heteroatoms. The average molecular weight is 334 g/mol. The van der Waals surface area contributed by atoms with Gasteiger partial charge in [0.15, 0.2) is 5.78 Å². The van der Waals surface area contributed by atoms with Crippen LogP contribution in [0.2, 0.25) is 0 Å². The van der Waals surface area contributed by atoms with Crippen LogP contribution in [-0.2, 0) is 0 Å². The Kier molecular flexibility index (Phi) is 4.44. The summed E-state index contributed by atoms with van der Waals surface area (Å²) in [5.41, 5.74) is 4.01. The molecule has 0 saturated heterocycles. The third-order valence-electron chi connectivity index (χ3n) is 4.51. The first kappa shape index (κ1) is 16.0. The zero-order valence-corrected chi connectivity index (χ0v) is 14.3. The zero-order chi connectivity index (χ0) is 17.8. The van der Waals surface area contributed by atoms with Crippen molar-refractivity contribution >= 4 is 22.6 Å². The first-order chi connectivity index (χ1) is 12.8. The molecule has 26 heavy (non-hydrogen) atoms. The second-order valence-electron chi connectivity index (χ2n) is 6.21. The van der Waals surface area contributed by atoms with E-state index < -0.39 is 0 Å². The predicted octanol–water partition coefficient (Wildman–Crippen LogP) is 6.40. The molecule has 0 heterocycles. The molecule has 0 aliphatic rings. The van der Waals surface area contributed by atoms with Gasteiger partial charge in [-0.25, -0.2) is 0 Å². The van der Waals surface area contributed by atoms with Crippen molar-refractivity contribution < 1.29 is 4.79 Å². The van der Waals surface area contributed by atoms with Crippen molar-refractivity contribution in [2.75, 3.05) is 0 Å². The second-order valence-corrected chi connectivity index (χ2v) is 6.21. The van der Waals surface area contributed by atoms with Gasteiger partial charge in [0, 0.05) is 5.56 Å². The molecule has 0 radical (unpaired) electrons. The number of carbonyl (C=O) groups is 1. The van der Waals surface area contributed by atoms with Gasteiger partial charge >= 0.3 is 0 Å². The summed E-state index contributed by atoms with van der Waals surface area (Å²) >= 11 is 0. The Bertz CT molecular complexity index is 1070. The fourth-order valence-electron chi connectivity index (χ4n) is 3.12. The largest absolute Gasteiger partial charge is 0.289 e. The highest BCUT2D eigenvalue weighted by Gasteiger charge is 2.04. The minimum Gasteiger partial charge on any atom is -0.289 e. The monoisotopic (exact) mass is 334 g/mol. The van der Waals surface area contributed by atoms with Crippen molar-refractivity contribution in [2.45, 2.75) is 0 Å². The number of hydrogen-bond donors (Lipinski definition) is 0. The molecule has 1 nitrogen and oxygen atoms in total. The van der Waals surface area contributed by atoms with Crippen molar-refractivity contribution in [2.24, 2.45) is 0 Å². The van der Waals surface area contributed by atoms with E-state index in [1.165, 1.54) is 5.39 Å². The molecule has 0 aromatic heterocycles. The normalized spacial score (nSPS) is 11.1. The maximum atomic E-state index is 12.5. The van der Waals surface area contributed by atoms with Crippen LogP contribution in [0.4, 0.5) is 0 Å². The van der Waals surface area contributed by atoms with E-state index in [0.717, 1.165) is 22.1 Å². The van der Waals surface area contributed by atoms with Crippen LogP contribution in [0.25, 0.3) is 28.0 Å². The first-order valence-electron chi connectivity index (χ1n) is 8.67. The van der Waals surface area contributed by atoms with Gasteiger partial charge in [0.25, 0.3) is 0 Å². The lowest BCUT2D eigenvalue weighted by molar-refractivity contribution is 0.104. The third kappa shape index (κ3) is 3.33. The van der Waals surface area contributed by atoms with Crippen molar-refractivity contribution in [1.29, 1.82) is 0 Å². The molecule has 0 bridgehead atoms. The Morgan fingerprint density at radius 1 is 0.615 bits per heavy atom. The molecular weight excluding hydrogens is 316 g/mol. The highest BCUT2D eigenvalue weighted by molar-refractivity contribution is 6.08. The number of allylic oxidation sites excluding steroid dienone is 1. The number of hydrogen-bond acceptors (Lipinski definition) is 1. The summed E-state index contributed by atoms with van der Waals surface area (Å²) in [7, 11) is 0. The Morgan fingerprint density at radius 3 is 2.08 bits per heavy atom. The van der Waals surface area contributed by atoms with Crippen LogP contribution >= 0.6 is 0 Å². The molecule has 124 valence electrons. The molecule has 0 saturated carbocycles. The van der Waals surface area contributed by atoms with Gasteiger partial charge in [0.2, 0.25) is 0 Å². The lowest BCUT2D eigenvalue weighted by Crippen LogP contribution is -1.93. The fraction of sp³-hybridized carbons (Fsp3) is 0. The van der Waals surface area contributed by atoms with Crippen LogP contribution in [0, 0.1) is 0 Å². The van der Waals surface area contributed by atoms with E-state index in [-0.39, 0.29) is 5.78 Å². The van der Waals surface area contributed by atoms with E-state index in [2.05, 4.69) is 30.3 Å². The Hall–Kier alpha value is -3.45. The predicted molar refractivity (Wildman–Crippen MR) is 109 cm³/mol. The molecule has 4 aromatic carbocycles. The highest BCUT2D eigenvalue weighted by atomic mass is 16.1. The van der Waals surface area contributed by atoms with Crippen LogP contribution in [0.5, 0.6) is 0 Å². The number of benzene rings is 4. The Balaban J connectivity index is 1.57. The summed E-state index contributed by atoms with van der Waals surface area (Å²) in [5.74, 6) is 0.0116. The molecule has 0 spiro atoms. The quantitative estimate of drug-likeness (QED) is 0.311. The lowest BCUT2D eigenvalue weighted by Gasteiger charge is -2.03. The van der Waals surface area contributed by atoms with Gasteiger partial charge in [-0.2, -0.15) is 0 Å². The highest BCUT2D eigenvalue weighted by Crippen LogP contribution is 2.21. The van der Waals surface area contributed by atoms with Crippen molar-refractivity contribution in [3.05, 3.63) is 114 Å². The average Bonchev–Trinajstić information content (AvgIpc) is 2.73. The maximum absolute atomic E-state index is 12.5. The van der Waals surface area contributed by atoms with E-state index >= 15 is 0 Å². The van der Waals surface area contributed by atoms with E-state index in [1.54, 1.807) is 6.08 Å². The topological polar surface area (TPSA) is 17.1 Å². The molecule has 4 aromatic rings. The van der Waals surface area contributed by atoms with E-state index in [4.69, 9.17) is 0 Å². The summed E-state index contributed by atoms with van der Waals surface area (Å²) in [6.45, 7) is 0. The Morgan fingerprint density at radius 2 is 1.27 bits per heavy atom. The molecule has 0 atom stereocenters. The summed E-state index contributed by atoms with van der Waals surface area (Å²) < 4.78 is 0. The number of rotatable bonds is 4. The van der Waals surface area contributed by atoms with Crippen LogP contribution < -0.4 is 0 Å². The smallest absolute Gasteiger partial charge is 0.185 e. The summed E-state index contributed by atoms with van der Waals surface area (Å²) in [6, 6.07) is 32.3. The standard InChI is InChI=1S/C25H18O/c26-25(18-17-22-11-6-10-21-9-4-5-12-24(21)22)23-15-13-20(14-16-23)19-7-2-1-3-8-19/h1-18H/b18-17-. The SMILES string of the molecule is O=C(/C=C\c1cccc2ccccc12)c1ccc(-c2ccccc2)cc1. The van der Waals surface area contributed by atoms with Crippen LogP contribution in [-0.4, -0.2) is 5.78 Å². The van der Waals surface area contributed by atoms with Gasteiger partial charge in [-0.15, -0.1) is 0 Å². The van der Waals surface area contributed by atoms with Crippen LogP contribution in [0.15, 0.2) is 103 Å². The minimum absolute atomic E-state index is 0.0116. The molecule has 4 rings (SSSR count). The number of fused-ring (bicyclic) bond motifs is 1. The van der Waals surface area contributed by atoms with Gasteiger partial charge in [-0.05, 0) is 33.5 Å². The van der Waals surface area contributed by atoms with E-state index in [9.17, 15) is 4.79 Å². The molecule has 0 N–H and O–H groups in total. The minimum atomic E-state index is 0.0116. The molecule has 0 fully saturated rings. The Labute approximate surface area is 153 Å². The lowest BCUT2D eigenvalue weighted by atomic mass is 10.0. The summed E-state index contributed by atoms with van der Waals surface area (Å²) in [4.78, 5) is 12.5. The molecule has 0 amide bonds.